The Labute approximate surface area is 306 Å². The lowest BCUT2D eigenvalue weighted by Crippen LogP contribution is -2.28. The number of nitrogens with zero attached hydrogens (tertiary/aromatic N) is 2. The van der Waals surface area contributed by atoms with Crippen LogP contribution in [-0.4, -0.2) is 124 Å². The number of ether oxygens (including phenoxy) is 9. The summed E-state index contributed by atoms with van der Waals surface area (Å²) in [6.45, 7) is 8.60. The Morgan fingerprint density at radius 3 is 1.25 bits per heavy atom. The van der Waals surface area contributed by atoms with E-state index in [1.54, 1.807) is 41.5 Å². The predicted octanol–water partition coefficient (Wildman–Crippen LogP) is 2.12. The molecule has 2 N–H and O–H groups in total. The van der Waals surface area contributed by atoms with E-state index in [1.807, 2.05) is 0 Å². The number of amides is 2. The summed E-state index contributed by atoms with van der Waals surface area (Å²) >= 11 is 0. The SMILES string of the molecule is COC(=O)c1ccc(NC(=O)COCCOCCOCC(=O)Nc2ccc(C(=O)OC)nc2OCC(=O)OC(C)(C)C)c(OCC(=O)OC(C)(C)C)n1. The fraction of sp³-hybridized carbons (Fsp3) is 0.529. The maximum atomic E-state index is 12.5. The minimum Gasteiger partial charge on any atom is -0.464 e. The number of nitrogens with one attached hydrogen (secondary N) is 2. The monoisotopic (exact) mass is 750 g/mol. The van der Waals surface area contributed by atoms with Gasteiger partial charge in [0.15, 0.2) is 24.6 Å². The second-order valence-electron chi connectivity index (χ2n) is 12.6. The summed E-state index contributed by atoms with van der Waals surface area (Å²) in [5, 5.41) is 5.08. The van der Waals surface area contributed by atoms with Crippen LogP contribution >= 0.6 is 0 Å². The third-order valence-electron chi connectivity index (χ3n) is 5.76. The molecule has 19 heteroatoms. The van der Waals surface area contributed by atoms with Gasteiger partial charge in [-0.25, -0.2) is 29.1 Å². The zero-order chi connectivity index (χ0) is 39.6. The van der Waals surface area contributed by atoms with Gasteiger partial charge in [-0.2, -0.15) is 0 Å². The van der Waals surface area contributed by atoms with Gasteiger partial charge >= 0.3 is 23.9 Å². The highest BCUT2D eigenvalue weighted by Crippen LogP contribution is 2.24. The van der Waals surface area contributed by atoms with Crippen molar-refractivity contribution in [2.75, 3.05) is 77.7 Å². The second kappa shape index (κ2) is 21.2. The largest absolute Gasteiger partial charge is 0.464 e. The number of carbonyl (C=O) groups excluding carboxylic acids is 6. The molecule has 2 heterocycles. The number of hydrogen-bond acceptors (Lipinski definition) is 17. The summed E-state index contributed by atoms with van der Waals surface area (Å²) in [5.41, 5.74) is -1.57. The molecule has 0 saturated heterocycles. The number of esters is 4. The molecule has 53 heavy (non-hydrogen) atoms. The lowest BCUT2D eigenvalue weighted by molar-refractivity contribution is -0.158. The molecule has 2 amide bonds. The average molecular weight is 751 g/mol. The molecule has 0 unspecified atom stereocenters. The molecular weight excluding hydrogens is 704 g/mol. The number of carbonyl (C=O) groups is 6. The van der Waals surface area contributed by atoms with Crippen molar-refractivity contribution >= 4 is 47.1 Å². The molecule has 2 aromatic rings. The number of pyridine rings is 2. The molecule has 0 aliphatic carbocycles. The standard InChI is InChI=1S/C34H46N4O15/c1-33(2,3)52-27(41)19-50-29-21(9-11-23(37-29)31(43)45-7)35-25(39)17-48-15-13-47-14-16-49-18-26(40)36-22-10-12-24(32(44)46-8)38-30(22)51-20-28(42)53-34(4,5)6/h9-12H,13-20H2,1-8H3,(H,35,39)(H,36,40). The van der Waals surface area contributed by atoms with Crippen LogP contribution in [0.4, 0.5) is 11.4 Å². The minimum atomic E-state index is -0.751. The first-order chi connectivity index (χ1) is 24.9. The van der Waals surface area contributed by atoms with Crippen LogP contribution in [0.15, 0.2) is 24.3 Å². The predicted molar refractivity (Wildman–Crippen MR) is 184 cm³/mol. The van der Waals surface area contributed by atoms with Crippen molar-refractivity contribution < 1.29 is 71.4 Å². The van der Waals surface area contributed by atoms with Crippen LogP contribution in [0.3, 0.4) is 0 Å². The average Bonchev–Trinajstić information content (AvgIpc) is 3.07. The molecule has 0 spiro atoms. The first-order valence-electron chi connectivity index (χ1n) is 16.1. The van der Waals surface area contributed by atoms with Gasteiger partial charge in [-0.15, -0.1) is 0 Å². The Kier molecular flexibility index (Phi) is 17.5. The summed E-state index contributed by atoms with van der Waals surface area (Å²) in [6.07, 6.45) is 0. The highest BCUT2D eigenvalue weighted by atomic mass is 16.6. The van der Waals surface area contributed by atoms with E-state index >= 15 is 0 Å². The topological polar surface area (TPSA) is 235 Å². The van der Waals surface area contributed by atoms with Gasteiger partial charge in [0.1, 0.15) is 35.8 Å². The van der Waals surface area contributed by atoms with Crippen molar-refractivity contribution in [2.24, 2.45) is 0 Å². The van der Waals surface area contributed by atoms with Gasteiger partial charge in [-0.1, -0.05) is 0 Å². The van der Waals surface area contributed by atoms with Gasteiger partial charge < -0.3 is 53.3 Å². The smallest absolute Gasteiger partial charge is 0.356 e. The zero-order valence-electron chi connectivity index (χ0n) is 31.0. The number of aromatic nitrogens is 2. The molecule has 0 aliphatic rings. The highest BCUT2D eigenvalue weighted by molar-refractivity contribution is 5.95. The van der Waals surface area contributed by atoms with E-state index in [1.165, 1.54) is 38.5 Å². The maximum Gasteiger partial charge on any atom is 0.356 e. The van der Waals surface area contributed by atoms with Crippen LogP contribution in [0, 0.1) is 0 Å². The third kappa shape index (κ3) is 17.6. The second-order valence-corrected chi connectivity index (χ2v) is 12.6. The number of rotatable bonds is 20. The fourth-order valence-electron chi connectivity index (χ4n) is 3.76. The lowest BCUT2D eigenvalue weighted by Gasteiger charge is -2.19. The summed E-state index contributed by atoms with van der Waals surface area (Å²) in [4.78, 5) is 81.0. The molecule has 0 bridgehead atoms. The Balaban J connectivity index is 1.75. The van der Waals surface area contributed by atoms with Gasteiger partial charge in [0.2, 0.25) is 11.8 Å². The van der Waals surface area contributed by atoms with Crippen molar-refractivity contribution in [1.29, 1.82) is 0 Å². The first kappa shape index (κ1) is 43.8. The maximum absolute atomic E-state index is 12.5. The van der Waals surface area contributed by atoms with E-state index < -0.39 is 60.1 Å². The van der Waals surface area contributed by atoms with Crippen molar-refractivity contribution in [3.8, 4) is 11.8 Å². The van der Waals surface area contributed by atoms with Crippen LogP contribution in [0.25, 0.3) is 0 Å². The highest BCUT2D eigenvalue weighted by Gasteiger charge is 2.21. The third-order valence-corrected chi connectivity index (χ3v) is 5.76. The number of methoxy groups -OCH3 is 2. The van der Waals surface area contributed by atoms with Crippen molar-refractivity contribution in [1.82, 2.24) is 9.97 Å². The molecule has 19 nitrogen and oxygen atoms in total. The molecule has 2 rings (SSSR count). The summed E-state index contributed by atoms with van der Waals surface area (Å²) < 4.78 is 46.6. The van der Waals surface area contributed by atoms with E-state index in [4.69, 9.17) is 33.2 Å². The first-order valence-corrected chi connectivity index (χ1v) is 16.1. The van der Waals surface area contributed by atoms with Crippen molar-refractivity contribution in [3.05, 3.63) is 35.7 Å². The molecule has 0 saturated carbocycles. The molecule has 0 radical (unpaired) electrons. The Hall–Kier alpha value is -5.40. The van der Waals surface area contributed by atoms with Crippen LogP contribution < -0.4 is 20.1 Å². The van der Waals surface area contributed by atoms with Crippen molar-refractivity contribution in [3.63, 3.8) is 0 Å². The molecule has 0 aliphatic heterocycles. The molecule has 292 valence electrons. The molecule has 0 atom stereocenters. The van der Waals surface area contributed by atoms with Crippen LogP contribution in [0.5, 0.6) is 11.8 Å². The van der Waals surface area contributed by atoms with Gasteiger partial charge in [-0.05, 0) is 65.8 Å². The number of hydrogen-bond donors (Lipinski definition) is 2. The summed E-state index contributed by atoms with van der Waals surface area (Å²) in [5.74, 6) is -4.44. The minimum absolute atomic E-state index is 0.0378. The van der Waals surface area contributed by atoms with E-state index in [-0.39, 0.29) is 74.2 Å². The molecule has 0 aromatic carbocycles. The van der Waals surface area contributed by atoms with Gasteiger partial charge in [0.05, 0.1) is 40.6 Å². The molecule has 2 aromatic heterocycles. The van der Waals surface area contributed by atoms with E-state index in [2.05, 4.69) is 30.1 Å². The van der Waals surface area contributed by atoms with E-state index in [9.17, 15) is 28.8 Å². The summed E-state index contributed by atoms with van der Waals surface area (Å²) in [6, 6.07) is 5.35. The van der Waals surface area contributed by atoms with Gasteiger partial charge in [0, 0.05) is 0 Å². The number of anilines is 2. The van der Waals surface area contributed by atoms with E-state index in [0.717, 1.165) is 0 Å². The normalized spacial score (nSPS) is 11.2. The Morgan fingerprint density at radius 1 is 0.547 bits per heavy atom. The van der Waals surface area contributed by atoms with Gasteiger partial charge in [0.25, 0.3) is 11.8 Å². The van der Waals surface area contributed by atoms with Crippen LogP contribution in [0.2, 0.25) is 0 Å². The fourth-order valence-corrected chi connectivity index (χ4v) is 3.76. The quantitative estimate of drug-likeness (QED) is 0.112. The van der Waals surface area contributed by atoms with Gasteiger partial charge in [-0.3, -0.25) is 9.59 Å². The summed E-state index contributed by atoms with van der Waals surface area (Å²) in [7, 11) is 2.35. The van der Waals surface area contributed by atoms with Crippen molar-refractivity contribution in [2.45, 2.75) is 52.7 Å². The lowest BCUT2D eigenvalue weighted by atomic mass is 10.2. The van der Waals surface area contributed by atoms with Crippen LogP contribution in [-0.2, 0) is 52.3 Å². The Morgan fingerprint density at radius 2 is 0.906 bits per heavy atom. The van der Waals surface area contributed by atoms with Crippen LogP contribution in [0.1, 0.15) is 62.5 Å². The Bertz CT molecular complexity index is 1470. The zero-order valence-corrected chi connectivity index (χ0v) is 31.0. The molecule has 0 fully saturated rings. The molecular formula is C34H46N4O15. The van der Waals surface area contributed by atoms with E-state index in [0.29, 0.717) is 0 Å².